The van der Waals surface area contributed by atoms with E-state index in [1.807, 2.05) is 6.08 Å². The molecular weight excluding hydrogens is 252 g/mol. The van der Waals surface area contributed by atoms with Crippen LogP contribution in [0.1, 0.15) is 37.0 Å². The van der Waals surface area contributed by atoms with Crippen LogP contribution in [0.15, 0.2) is 31.4 Å². The summed E-state index contributed by atoms with van der Waals surface area (Å²) in [5.41, 5.74) is 2.95. The molecule has 3 heteroatoms. The third kappa shape index (κ3) is 3.73. The van der Waals surface area contributed by atoms with Gasteiger partial charge in [-0.05, 0) is 36.5 Å². The van der Waals surface area contributed by atoms with Crippen LogP contribution in [0, 0.1) is 0 Å². The summed E-state index contributed by atoms with van der Waals surface area (Å²) in [6.07, 6.45) is 6.61. The predicted octanol–water partition coefficient (Wildman–Crippen LogP) is 3.73. The molecule has 108 valence electrons. The standard InChI is InChI=1S/C17H22O3/c1-5-8-13-11-16(19)17(20-12(4)18)15(10-7-3)14(13)9-6-2/h6-7,11,19H,2-3,5,8-10H2,1,4H3. The van der Waals surface area contributed by atoms with Crippen LogP contribution in [0.3, 0.4) is 0 Å². The van der Waals surface area contributed by atoms with Crippen molar-refractivity contribution < 1.29 is 14.6 Å². The molecule has 1 aromatic rings. The van der Waals surface area contributed by atoms with Gasteiger partial charge in [-0.3, -0.25) is 4.79 Å². The number of ether oxygens (including phenoxy) is 1. The summed E-state index contributed by atoms with van der Waals surface area (Å²) in [6, 6.07) is 1.69. The quantitative estimate of drug-likeness (QED) is 0.468. The number of rotatable bonds is 7. The van der Waals surface area contributed by atoms with Crippen LogP contribution in [0.5, 0.6) is 11.5 Å². The molecule has 0 aliphatic carbocycles. The van der Waals surface area contributed by atoms with E-state index >= 15 is 0 Å². The maximum Gasteiger partial charge on any atom is 0.308 e. The maximum absolute atomic E-state index is 11.2. The summed E-state index contributed by atoms with van der Waals surface area (Å²) in [4.78, 5) is 11.2. The zero-order valence-electron chi connectivity index (χ0n) is 12.2. The molecule has 0 fully saturated rings. The first-order chi connectivity index (χ1) is 9.54. The van der Waals surface area contributed by atoms with Crippen LogP contribution in [-0.2, 0) is 24.1 Å². The fourth-order valence-electron chi connectivity index (χ4n) is 2.31. The molecule has 0 saturated heterocycles. The van der Waals surface area contributed by atoms with Gasteiger partial charge in [-0.25, -0.2) is 0 Å². The average molecular weight is 274 g/mol. The zero-order chi connectivity index (χ0) is 15.1. The molecule has 0 aliphatic rings. The van der Waals surface area contributed by atoms with Crippen LogP contribution >= 0.6 is 0 Å². The lowest BCUT2D eigenvalue weighted by Gasteiger charge is -2.18. The van der Waals surface area contributed by atoms with Gasteiger partial charge in [-0.15, -0.1) is 13.2 Å². The summed E-state index contributed by atoms with van der Waals surface area (Å²) < 4.78 is 5.18. The Morgan fingerprint density at radius 2 is 1.90 bits per heavy atom. The first-order valence-electron chi connectivity index (χ1n) is 6.81. The van der Waals surface area contributed by atoms with Gasteiger partial charge in [0.1, 0.15) is 0 Å². The smallest absolute Gasteiger partial charge is 0.308 e. The van der Waals surface area contributed by atoms with Crippen molar-refractivity contribution in [3.05, 3.63) is 48.1 Å². The van der Waals surface area contributed by atoms with Gasteiger partial charge in [0.15, 0.2) is 11.5 Å². The molecule has 1 aromatic carbocycles. The lowest BCUT2D eigenvalue weighted by molar-refractivity contribution is -0.132. The van der Waals surface area contributed by atoms with Crippen molar-refractivity contribution >= 4 is 5.97 Å². The van der Waals surface area contributed by atoms with Crippen molar-refractivity contribution in [2.24, 2.45) is 0 Å². The molecule has 0 atom stereocenters. The average Bonchev–Trinajstić information content (AvgIpc) is 2.38. The Balaban J connectivity index is 3.49. The summed E-state index contributed by atoms with van der Waals surface area (Å²) in [5, 5.41) is 10.1. The molecule has 0 amide bonds. The molecule has 0 heterocycles. The Hall–Kier alpha value is -2.03. The van der Waals surface area contributed by atoms with Gasteiger partial charge in [-0.1, -0.05) is 25.5 Å². The van der Waals surface area contributed by atoms with Crippen molar-refractivity contribution in [2.75, 3.05) is 0 Å². The first kappa shape index (κ1) is 16.0. The third-order valence-electron chi connectivity index (χ3n) is 3.03. The Labute approximate surface area is 120 Å². The maximum atomic E-state index is 11.2. The predicted molar refractivity (Wildman–Crippen MR) is 81.2 cm³/mol. The number of esters is 1. The first-order valence-corrected chi connectivity index (χ1v) is 6.81. The molecule has 0 radical (unpaired) electrons. The molecule has 0 spiro atoms. The largest absolute Gasteiger partial charge is 0.504 e. The molecule has 0 bridgehead atoms. The minimum Gasteiger partial charge on any atom is -0.504 e. The second-order valence-corrected chi connectivity index (χ2v) is 4.67. The van der Waals surface area contributed by atoms with Gasteiger partial charge in [0.25, 0.3) is 0 Å². The molecular formula is C17H22O3. The van der Waals surface area contributed by atoms with Crippen LogP contribution in [-0.4, -0.2) is 11.1 Å². The van der Waals surface area contributed by atoms with E-state index in [4.69, 9.17) is 4.74 Å². The highest BCUT2D eigenvalue weighted by Gasteiger charge is 2.18. The minimum atomic E-state index is -0.446. The van der Waals surface area contributed by atoms with Crippen LogP contribution in [0.4, 0.5) is 0 Å². The monoisotopic (exact) mass is 274 g/mol. The van der Waals surface area contributed by atoms with E-state index in [0.29, 0.717) is 12.8 Å². The second-order valence-electron chi connectivity index (χ2n) is 4.67. The van der Waals surface area contributed by atoms with Gasteiger partial charge < -0.3 is 9.84 Å². The number of allylic oxidation sites excluding steroid dienone is 2. The number of phenolic OH excluding ortho intramolecular Hbond substituents is 1. The number of hydrogen-bond acceptors (Lipinski definition) is 3. The van der Waals surface area contributed by atoms with Crippen molar-refractivity contribution in [3.63, 3.8) is 0 Å². The Morgan fingerprint density at radius 3 is 2.40 bits per heavy atom. The molecule has 0 saturated carbocycles. The SMILES string of the molecule is C=CCc1c(CCC)cc(O)c(OC(C)=O)c1CC=C. The van der Waals surface area contributed by atoms with Crippen molar-refractivity contribution in [1.82, 2.24) is 0 Å². The van der Waals surface area contributed by atoms with Crippen LogP contribution in [0.25, 0.3) is 0 Å². The second kappa shape index (κ2) is 7.53. The fourth-order valence-corrected chi connectivity index (χ4v) is 2.31. The fraction of sp³-hybridized carbons (Fsp3) is 0.353. The highest BCUT2D eigenvalue weighted by atomic mass is 16.5. The van der Waals surface area contributed by atoms with Gasteiger partial charge in [0, 0.05) is 12.5 Å². The van der Waals surface area contributed by atoms with E-state index in [0.717, 1.165) is 29.5 Å². The molecule has 3 nitrogen and oxygen atoms in total. The van der Waals surface area contributed by atoms with Crippen molar-refractivity contribution in [1.29, 1.82) is 0 Å². The number of hydrogen-bond donors (Lipinski definition) is 1. The number of carbonyl (C=O) groups is 1. The van der Waals surface area contributed by atoms with E-state index in [9.17, 15) is 9.90 Å². The third-order valence-corrected chi connectivity index (χ3v) is 3.03. The number of benzene rings is 1. The van der Waals surface area contributed by atoms with Crippen molar-refractivity contribution in [2.45, 2.75) is 39.5 Å². The topological polar surface area (TPSA) is 46.5 Å². The number of carbonyl (C=O) groups excluding carboxylic acids is 1. The Morgan fingerprint density at radius 1 is 1.30 bits per heavy atom. The lowest BCUT2D eigenvalue weighted by Crippen LogP contribution is -2.08. The molecule has 1 N–H and O–H groups in total. The van der Waals surface area contributed by atoms with Crippen molar-refractivity contribution in [3.8, 4) is 11.5 Å². The number of aromatic hydroxyl groups is 1. The molecule has 0 aliphatic heterocycles. The van der Waals surface area contributed by atoms with Gasteiger partial charge in [0.2, 0.25) is 0 Å². The zero-order valence-corrected chi connectivity index (χ0v) is 12.2. The normalized spacial score (nSPS) is 10.1. The van der Waals surface area contributed by atoms with E-state index in [2.05, 4.69) is 20.1 Å². The van der Waals surface area contributed by atoms with E-state index in [-0.39, 0.29) is 11.5 Å². The van der Waals surface area contributed by atoms with E-state index < -0.39 is 5.97 Å². The summed E-state index contributed by atoms with van der Waals surface area (Å²) in [5.74, 6) is -0.194. The Bertz CT molecular complexity index is 515. The minimum absolute atomic E-state index is 0.00770. The highest BCUT2D eigenvalue weighted by molar-refractivity contribution is 5.72. The lowest BCUT2D eigenvalue weighted by atomic mass is 9.92. The number of phenols is 1. The summed E-state index contributed by atoms with van der Waals surface area (Å²) >= 11 is 0. The summed E-state index contributed by atoms with van der Waals surface area (Å²) in [7, 11) is 0. The summed E-state index contributed by atoms with van der Waals surface area (Å²) in [6.45, 7) is 10.9. The molecule has 1 rings (SSSR count). The van der Waals surface area contributed by atoms with Crippen LogP contribution in [0.2, 0.25) is 0 Å². The van der Waals surface area contributed by atoms with E-state index in [1.165, 1.54) is 6.92 Å². The van der Waals surface area contributed by atoms with Gasteiger partial charge in [0.05, 0.1) is 0 Å². The van der Waals surface area contributed by atoms with Gasteiger partial charge >= 0.3 is 5.97 Å². The number of aryl methyl sites for hydroxylation is 1. The molecule has 0 aromatic heterocycles. The van der Waals surface area contributed by atoms with Crippen LogP contribution < -0.4 is 4.74 Å². The Kier molecular flexibility index (Phi) is 6.04. The van der Waals surface area contributed by atoms with Gasteiger partial charge in [-0.2, -0.15) is 0 Å². The highest BCUT2D eigenvalue weighted by Crippen LogP contribution is 2.37. The molecule has 0 unspecified atom stereocenters. The van der Waals surface area contributed by atoms with E-state index in [1.54, 1.807) is 12.1 Å². The molecule has 20 heavy (non-hydrogen) atoms.